The zero-order chi connectivity index (χ0) is 27.7. The Morgan fingerprint density at radius 1 is 0.512 bits per heavy atom. The maximum absolute atomic E-state index is 4.94. The topological polar surface area (TPSA) is 17.8 Å². The lowest BCUT2D eigenvalue weighted by Crippen LogP contribution is -2.10. The van der Waals surface area contributed by atoms with Crippen LogP contribution in [0.5, 0.6) is 0 Å². The fourth-order valence-corrected chi connectivity index (χ4v) is 6.48. The number of pyridine rings is 1. The molecule has 0 fully saturated rings. The number of rotatable bonds is 2. The molecular weight excluding hydrogens is 496 g/mol. The molecule has 2 heteroatoms. The van der Waals surface area contributed by atoms with Crippen LogP contribution in [0.1, 0.15) is 26.3 Å². The van der Waals surface area contributed by atoms with Gasteiger partial charge in [-0.2, -0.15) is 0 Å². The number of para-hydroxylation sites is 2. The lowest BCUT2D eigenvalue weighted by Gasteiger charge is -2.20. The molecule has 0 N–H and O–H groups in total. The molecular formula is C39H30N2. The lowest BCUT2D eigenvalue weighted by atomic mass is 9.85. The second kappa shape index (κ2) is 8.78. The predicted octanol–water partition coefficient (Wildman–Crippen LogP) is 10.6. The minimum atomic E-state index is 0.125. The maximum atomic E-state index is 4.94. The first kappa shape index (κ1) is 23.9. The van der Waals surface area contributed by atoms with Crippen molar-refractivity contribution < 1.29 is 0 Å². The van der Waals surface area contributed by atoms with Crippen LogP contribution in [0.3, 0.4) is 0 Å². The van der Waals surface area contributed by atoms with Gasteiger partial charge in [0.05, 0.1) is 16.7 Å². The second-order valence-electron chi connectivity index (χ2n) is 12.1. The second-order valence-corrected chi connectivity index (χ2v) is 12.1. The van der Waals surface area contributed by atoms with Crippen molar-refractivity contribution >= 4 is 54.1 Å². The molecule has 6 aromatic carbocycles. The number of hydrogen-bond acceptors (Lipinski definition) is 1. The zero-order valence-electron chi connectivity index (χ0n) is 23.5. The summed E-state index contributed by atoms with van der Waals surface area (Å²) in [4.78, 5) is 4.94. The summed E-state index contributed by atoms with van der Waals surface area (Å²) in [5.74, 6) is 0. The predicted molar refractivity (Wildman–Crippen MR) is 175 cm³/mol. The molecule has 2 aromatic heterocycles. The number of hydrogen-bond donors (Lipinski definition) is 0. The summed E-state index contributed by atoms with van der Waals surface area (Å²) in [6.07, 6.45) is 1.96. The van der Waals surface area contributed by atoms with Gasteiger partial charge < -0.3 is 4.57 Å². The normalized spacial score (nSPS) is 12.3. The van der Waals surface area contributed by atoms with Crippen molar-refractivity contribution in [2.75, 3.05) is 0 Å². The van der Waals surface area contributed by atoms with E-state index in [1.807, 2.05) is 6.20 Å². The Kier molecular flexibility index (Phi) is 5.11. The van der Waals surface area contributed by atoms with Gasteiger partial charge in [-0.05, 0) is 68.2 Å². The van der Waals surface area contributed by atoms with Crippen LogP contribution in [0, 0.1) is 0 Å². The Bertz CT molecular complexity index is 2280. The van der Waals surface area contributed by atoms with Crippen molar-refractivity contribution in [1.82, 2.24) is 9.55 Å². The van der Waals surface area contributed by atoms with Crippen molar-refractivity contribution in [2.24, 2.45) is 0 Å². The molecule has 196 valence electrons. The summed E-state index contributed by atoms with van der Waals surface area (Å²) in [5.41, 5.74) is 7.19. The molecule has 8 aromatic rings. The van der Waals surface area contributed by atoms with E-state index in [0.717, 1.165) is 16.9 Å². The quantitative estimate of drug-likeness (QED) is 0.205. The first-order valence-corrected chi connectivity index (χ1v) is 14.3. The molecule has 0 aliphatic heterocycles. The average Bonchev–Trinajstić information content (AvgIpc) is 3.33. The van der Waals surface area contributed by atoms with E-state index in [1.165, 1.54) is 59.7 Å². The van der Waals surface area contributed by atoms with Crippen LogP contribution in [0.15, 0.2) is 128 Å². The fourth-order valence-electron chi connectivity index (χ4n) is 6.48. The molecule has 41 heavy (non-hydrogen) atoms. The molecule has 2 nitrogen and oxygen atoms in total. The number of benzene rings is 6. The van der Waals surface area contributed by atoms with Crippen LogP contribution in [0.25, 0.3) is 71.1 Å². The van der Waals surface area contributed by atoms with Crippen LogP contribution in [-0.2, 0) is 5.41 Å². The van der Waals surface area contributed by atoms with Crippen molar-refractivity contribution in [2.45, 2.75) is 26.2 Å². The Morgan fingerprint density at radius 3 is 2.02 bits per heavy atom. The van der Waals surface area contributed by atoms with E-state index < -0.39 is 0 Å². The van der Waals surface area contributed by atoms with Crippen LogP contribution < -0.4 is 0 Å². The van der Waals surface area contributed by atoms with Crippen LogP contribution in [-0.4, -0.2) is 9.55 Å². The monoisotopic (exact) mass is 526 g/mol. The molecule has 0 radical (unpaired) electrons. The lowest BCUT2D eigenvalue weighted by molar-refractivity contribution is 0.591. The summed E-state index contributed by atoms with van der Waals surface area (Å²) in [5, 5.41) is 10.1. The van der Waals surface area contributed by atoms with E-state index in [4.69, 9.17) is 4.98 Å². The van der Waals surface area contributed by atoms with E-state index in [9.17, 15) is 0 Å². The van der Waals surface area contributed by atoms with Crippen molar-refractivity contribution in [3.8, 4) is 16.9 Å². The van der Waals surface area contributed by atoms with Crippen molar-refractivity contribution in [1.29, 1.82) is 0 Å². The van der Waals surface area contributed by atoms with Gasteiger partial charge in [0.2, 0.25) is 0 Å². The van der Waals surface area contributed by atoms with Gasteiger partial charge in [0.25, 0.3) is 0 Å². The van der Waals surface area contributed by atoms with Gasteiger partial charge >= 0.3 is 0 Å². The first-order chi connectivity index (χ1) is 20.0. The molecule has 8 rings (SSSR count). The third-order valence-electron chi connectivity index (χ3n) is 8.59. The van der Waals surface area contributed by atoms with E-state index in [-0.39, 0.29) is 5.41 Å². The van der Waals surface area contributed by atoms with Gasteiger partial charge in [-0.3, -0.25) is 4.98 Å². The van der Waals surface area contributed by atoms with E-state index in [1.54, 1.807) is 0 Å². The SMILES string of the molecule is CC(C)(C)c1ccc2c(ccc3c4ccnc(-c5ccc6c7ccccc7n(-c7ccccc7)c6c5)c4ccc23)c1. The standard InChI is InChI=1S/C39H30N2/c1-39(2,3)27-15-18-29-25(23-27)13-16-31-30(29)19-20-35-32(31)21-22-40-38(35)26-14-17-34-33-11-7-8-12-36(33)41(37(34)24-26)28-9-5-4-6-10-28/h4-24H,1-3H3. The molecule has 0 bridgehead atoms. The molecule has 2 heterocycles. The Labute approximate surface area is 239 Å². The Hall–Kier alpha value is -4.95. The highest BCUT2D eigenvalue weighted by molar-refractivity contribution is 6.19. The molecule has 0 aliphatic rings. The van der Waals surface area contributed by atoms with E-state index in [2.05, 4.69) is 147 Å². The van der Waals surface area contributed by atoms with Crippen LogP contribution in [0.4, 0.5) is 0 Å². The number of fused-ring (bicyclic) bond motifs is 8. The van der Waals surface area contributed by atoms with Gasteiger partial charge in [-0.25, -0.2) is 0 Å². The first-order valence-electron chi connectivity index (χ1n) is 14.3. The minimum Gasteiger partial charge on any atom is -0.309 e. The molecule has 0 amide bonds. The van der Waals surface area contributed by atoms with Crippen LogP contribution in [0.2, 0.25) is 0 Å². The average molecular weight is 527 g/mol. The molecule has 0 atom stereocenters. The fraction of sp³-hybridized carbons (Fsp3) is 0.103. The van der Waals surface area contributed by atoms with E-state index >= 15 is 0 Å². The highest BCUT2D eigenvalue weighted by Gasteiger charge is 2.17. The van der Waals surface area contributed by atoms with Crippen LogP contribution >= 0.6 is 0 Å². The highest BCUT2D eigenvalue weighted by atomic mass is 15.0. The molecule has 0 unspecified atom stereocenters. The number of nitrogens with zero attached hydrogens (tertiary/aromatic N) is 2. The largest absolute Gasteiger partial charge is 0.309 e. The number of aromatic nitrogens is 2. The summed E-state index contributed by atoms with van der Waals surface area (Å²) < 4.78 is 2.37. The third kappa shape index (κ3) is 3.68. The molecule has 0 saturated heterocycles. The Balaban J connectivity index is 1.36. The van der Waals surface area contributed by atoms with Gasteiger partial charge in [0, 0.05) is 33.6 Å². The highest BCUT2D eigenvalue weighted by Crippen LogP contribution is 2.39. The maximum Gasteiger partial charge on any atom is 0.0781 e. The summed E-state index contributed by atoms with van der Waals surface area (Å²) in [6, 6.07) is 44.3. The third-order valence-corrected chi connectivity index (χ3v) is 8.59. The summed E-state index contributed by atoms with van der Waals surface area (Å²) >= 11 is 0. The molecule has 0 saturated carbocycles. The summed E-state index contributed by atoms with van der Waals surface area (Å²) in [6.45, 7) is 6.82. The minimum absolute atomic E-state index is 0.125. The van der Waals surface area contributed by atoms with Gasteiger partial charge in [0.1, 0.15) is 0 Å². The smallest absolute Gasteiger partial charge is 0.0781 e. The van der Waals surface area contributed by atoms with Gasteiger partial charge in [0.15, 0.2) is 0 Å². The van der Waals surface area contributed by atoms with Crippen molar-refractivity contribution in [3.63, 3.8) is 0 Å². The summed E-state index contributed by atoms with van der Waals surface area (Å²) in [7, 11) is 0. The molecule has 0 spiro atoms. The Morgan fingerprint density at radius 2 is 1.17 bits per heavy atom. The van der Waals surface area contributed by atoms with Gasteiger partial charge in [-0.15, -0.1) is 0 Å². The zero-order valence-corrected chi connectivity index (χ0v) is 23.5. The molecule has 0 aliphatic carbocycles. The van der Waals surface area contributed by atoms with Gasteiger partial charge in [-0.1, -0.05) is 112 Å². The van der Waals surface area contributed by atoms with E-state index in [0.29, 0.717) is 0 Å². The van der Waals surface area contributed by atoms with Crippen molar-refractivity contribution in [3.05, 3.63) is 133 Å².